The van der Waals surface area contributed by atoms with Crippen LogP contribution in [0.25, 0.3) is 0 Å². The molecule has 2 rings (SSSR count). The number of aryl methyl sites for hydroxylation is 1. The molecule has 3 amide bonds. The van der Waals surface area contributed by atoms with Gasteiger partial charge in [-0.25, -0.2) is 9.18 Å². The number of hydrogen-bond acceptors (Lipinski definition) is 2. The van der Waals surface area contributed by atoms with E-state index in [1.807, 2.05) is 30.3 Å². The lowest BCUT2D eigenvalue weighted by Crippen LogP contribution is -2.88. The number of nitrogens with one attached hydrogen (secondary N) is 2. The second kappa shape index (κ2) is 8.94. The van der Waals surface area contributed by atoms with E-state index < -0.39 is 11.9 Å². The van der Waals surface area contributed by atoms with Crippen LogP contribution in [-0.2, 0) is 11.2 Å². The average Bonchev–Trinajstić information content (AvgIpc) is 2.62. The maximum Gasteiger partial charge on any atom is 0.321 e. The summed E-state index contributed by atoms with van der Waals surface area (Å²) in [5.74, 6) is -0.734. The molecule has 2 aromatic carbocycles. The minimum absolute atomic E-state index is 0.0458. The van der Waals surface area contributed by atoms with Gasteiger partial charge in [-0.3, -0.25) is 10.1 Å². The third-order valence-corrected chi connectivity index (χ3v) is 3.97. The summed E-state index contributed by atoms with van der Waals surface area (Å²) in [4.78, 5) is 23.1. The van der Waals surface area contributed by atoms with Crippen LogP contribution in [0.1, 0.15) is 29.7 Å². The topological polar surface area (TPSA) is 74.8 Å². The second-order valence-electron chi connectivity index (χ2n) is 5.69. The smallest absolute Gasteiger partial charge is 0.321 e. The highest BCUT2D eigenvalue weighted by Crippen LogP contribution is 2.20. The Bertz CT molecular complexity index is 732. The van der Waals surface area contributed by atoms with E-state index >= 15 is 0 Å². The molecule has 0 aliphatic heterocycles. The maximum atomic E-state index is 13.6. The molecule has 0 heterocycles. The van der Waals surface area contributed by atoms with E-state index in [4.69, 9.17) is 0 Å². The molecule has 0 aliphatic rings. The van der Waals surface area contributed by atoms with Crippen molar-refractivity contribution in [3.63, 3.8) is 0 Å². The van der Waals surface area contributed by atoms with Gasteiger partial charge < -0.3 is 10.6 Å². The Labute approximate surface area is 146 Å². The van der Waals surface area contributed by atoms with Crippen molar-refractivity contribution in [2.24, 2.45) is 0 Å². The number of nitrogens with two attached hydrogens (primary N) is 1. The zero-order valence-corrected chi connectivity index (χ0v) is 14.4. The Balaban J connectivity index is 2.20. The van der Waals surface area contributed by atoms with Crippen molar-refractivity contribution >= 4 is 11.9 Å². The number of carbonyl (C=O) groups excluding carboxylic acids is 2. The molecule has 0 saturated heterocycles. The van der Waals surface area contributed by atoms with Gasteiger partial charge in [0.1, 0.15) is 11.9 Å². The molecule has 0 saturated carbocycles. The minimum atomic E-state index is -0.548. The summed E-state index contributed by atoms with van der Waals surface area (Å²) in [5.41, 5.74) is 2.94. The fourth-order valence-electron chi connectivity index (χ4n) is 2.59. The van der Waals surface area contributed by atoms with E-state index in [0.717, 1.165) is 17.5 Å². The van der Waals surface area contributed by atoms with Crippen LogP contribution in [0.2, 0.25) is 0 Å². The average molecular weight is 344 g/mol. The molecule has 1 atom stereocenters. The highest BCUT2D eigenvalue weighted by molar-refractivity contribution is 5.94. The highest BCUT2D eigenvalue weighted by atomic mass is 19.1. The van der Waals surface area contributed by atoms with Gasteiger partial charge in [-0.15, -0.1) is 0 Å². The van der Waals surface area contributed by atoms with Gasteiger partial charge in [-0.05, 0) is 24.1 Å². The Morgan fingerprint density at radius 2 is 1.84 bits per heavy atom. The van der Waals surface area contributed by atoms with E-state index in [0.29, 0.717) is 0 Å². The molecule has 0 radical (unpaired) electrons. The molecule has 0 bridgehead atoms. The van der Waals surface area contributed by atoms with Gasteiger partial charge in [0.25, 0.3) is 5.91 Å². The van der Waals surface area contributed by atoms with E-state index in [1.165, 1.54) is 24.7 Å². The number of urea groups is 1. The molecule has 2 aromatic rings. The third-order valence-electron chi connectivity index (χ3n) is 3.97. The molecule has 0 aliphatic carbocycles. The van der Waals surface area contributed by atoms with Crippen LogP contribution in [0.15, 0.2) is 48.5 Å². The van der Waals surface area contributed by atoms with Gasteiger partial charge in [-0.2, -0.15) is 0 Å². The van der Waals surface area contributed by atoms with Gasteiger partial charge in [0, 0.05) is 18.2 Å². The Hall–Kier alpha value is -2.73. The normalized spacial score (nSPS) is 11.6. The minimum Gasteiger partial charge on any atom is -0.341 e. The van der Waals surface area contributed by atoms with Crippen LogP contribution < -0.4 is 16.0 Å². The summed E-state index contributed by atoms with van der Waals surface area (Å²) in [6.45, 7) is 2.12. The zero-order valence-electron chi connectivity index (χ0n) is 14.4. The fraction of sp³-hybridized carbons (Fsp3) is 0.263. The summed E-state index contributed by atoms with van der Waals surface area (Å²) >= 11 is 0. The molecule has 25 heavy (non-hydrogen) atoms. The summed E-state index contributed by atoms with van der Waals surface area (Å²) in [6, 6.07) is 13.6. The Kier molecular flexibility index (Phi) is 6.65. The monoisotopic (exact) mass is 344 g/mol. The first kappa shape index (κ1) is 18.6. The second-order valence-corrected chi connectivity index (χ2v) is 5.69. The lowest BCUT2D eigenvalue weighted by molar-refractivity contribution is -0.676. The molecule has 0 fully saturated rings. The SMILES string of the molecule is CCc1ccc([C@H]([NH2+]CC(=O)NC(=O)NC)c2cccc(F)c2)cc1. The lowest BCUT2D eigenvalue weighted by Gasteiger charge is -2.17. The summed E-state index contributed by atoms with van der Waals surface area (Å²) in [7, 11) is 1.44. The maximum absolute atomic E-state index is 13.6. The Morgan fingerprint density at radius 1 is 1.12 bits per heavy atom. The van der Waals surface area contributed by atoms with Crippen molar-refractivity contribution in [3.05, 3.63) is 71.0 Å². The first-order chi connectivity index (χ1) is 12.0. The fourth-order valence-corrected chi connectivity index (χ4v) is 2.59. The number of amides is 3. The van der Waals surface area contributed by atoms with Crippen molar-refractivity contribution in [1.82, 2.24) is 10.6 Å². The number of quaternary nitrogens is 1. The highest BCUT2D eigenvalue weighted by Gasteiger charge is 2.20. The molecule has 5 nitrogen and oxygen atoms in total. The summed E-state index contributed by atoms with van der Waals surface area (Å²) < 4.78 is 13.6. The van der Waals surface area contributed by atoms with Gasteiger partial charge in [0.15, 0.2) is 6.54 Å². The molecule has 6 heteroatoms. The molecule has 0 unspecified atom stereocenters. The lowest BCUT2D eigenvalue weighted by atomic mass is 9.97. The van der Waals surface area contributed by atoms with Gasteiger partial charge >= 0.3 is 6.03 Å². The third kappa shape index (κ3) is 5.39. The molecule has 132 valence electrons. The van der Waals surface area contributed by atoms with Crippen molar-refractivity contribution in [2.45, 2.75) is 19.4 Å². The Morgan fingerprint density at radius 3 is 2.44 bits per heavy atom. The van der Waals surface area contributed by atoms with E-state index in [2.05, 4.69) is 17.6 Å². The number of benzene rings is 2. The number of halogens is 1. The number of imide groups is 1. The van der Waals surface area contributed by atoms with Crippen molar-refractivity contribution < 1.29 is 19.3 Å². The first-order valence-electron chi connectivity index (χ1n) is 8.22. The van der Waals surface area contributed by atoms with Crippen molar-refractivity contribution in [1.29, 1.82) is 0 Å². The first-order valence-corrected chi connectivity index (χ1v) is 8.22. The predicted octanol–water partition coefficient (Wildman–Crippen LogP) is 1.50. The van der Waals surface area contributed by atoms with Crippen LogP contribution in [0.4, 0.5) is 9.18 Å². The van der Waals surface area contributed by atoms with Crippen LogP contribution >= 0.6 is 0 Å². The number of hydrogen-bond donors (Lipinski definition) is 3. The van der Waals surface area contributed by atoms with E-state index in [-0.39, 0.29) is 18.4 Å². The quantitative estimate of drug-likeness (QED) is 0.743. The van der Waals surface area contributed by atoms with Crippen LogP contribution in [-0.4, -0.2) is 25.5 Å². The van der Waals surface area contributed by atoms with Crippen molar-refractivity contribution in [3.8, 4) is 0 Å². The van der Waals surface area contributed by atoms with E-state index in [9.17, 15) is 14.0 Å². The standard InChI is InChI=1S/C19H22FN3O2/c1-3-13-7-9-14(10-8-13)18(15-5-4-6-16(20)11-15)22-12-17(24)23-19(25)21-2/h4-11,18,22H,3,12H2,1-2H3,(H2,21,23,24,25)/p+1/t18-/m0/s1. The molecular weight excluding hydrogens is 321 g/mol. The molecular formula is C19H23FN3O2+. The molecule has 0 aromatic heterocycles. The van der Waals surface area contributed by atoms with Crippen LogP contribution in [0, 0.1) is 5.82 Å². The predicted molar refractivity (Wildman–Crippen MR) is 93.5 cm³/mol. The summed E-state index contributed by atoms with van der Waals surface area (Å²) in [6.07, 6.45) is 0.934. The van der Waals surface area contributed by atoms with Gasteiger partial charge in [0.2, 0.25) is 0 Å². The molecule has 4 N–H and O–H groups in total. The van der Waals surface area contributed by atoms with Crippen LogP contribution in [0.3, 0.4) is 0 Å². The molecule has 0 spiro atoms. The number of carbonyl (C=O) groups is 2. The van der Waals surface area contributed by atoms with Gasteiger partial charge in [0.05, 0.1) is 0 Å². The largest absolute Gasteiger partial charge is 0.341 e. The summed E-state index contributed by atoms with van der Waals surface area (Å²) in [5, 5.41) is 6.34. The van der Waals surface area contributed by atoms with E-state index in [1.54, 1.807) is 11.4 Å². The van der Waals surface area contributed by atoms with Crippen molar-refractivity contribution in [2.75, 3.05) is 13.6 Å². The number of rotatable bonds is 6. The van der Waals surface area contributed by atoms with Gasteiger partial charge in [-0.1, -0.05) is 43.3 Å². The zero-order chi connectivity index (χ0) is 18.2. The van der Waals surface area contributed by atoms with Crippen LogP contribution in [0.5, 0.6) is 0 Å².